The molecular weight excluding hydrogens is 514 g/mol. The van der Waals surface area contributed by atoms with E-state index in [1.807, 2.05) is 48.5 Å². The molecule has 4 aromatic rings. The minimum Gasteiger partial charge on any atom is -0.497 e. The summed E-state index contributed by atoms with van der Waals surface area (Å²) in [5.74, 6) is -1.93. The molecule has 0 bridgehead atoms. The van der Waals surface area contributed by atoms with Crippen LogP contribution in [0, 0.1) is 0 Å². The summed E-state index contributed by atoms with van der Waals surface area (Å²) in [6, 6.07) is 21.7. The van der Waals surface area contributed by atoms with Crippen LogP contribution in [0.4, 0.5) is 0 Å². The highest BCUT2D eigenvalue weighted by molar-refractivity contribution is 6.27. The highest BCUT2D eigenvalue weighted by Crippen LogP contribution is 2.23. The van der Waals surface area contributed by atoms with Crippen molar-refractivity contribution in [3.8, 4) is 22.8 Å². The van der Waals surface area contributed by atoms with Gasteiger partial charge in [-0.15, -0.1) is 0 Å². The third-order valence-electron chi connectivity index (χ3n) is 6.24. The number of ether oxygens (including phenoxy) is 2. The summed E-state index contributed by atoms with van der Waals surface area (Å²) in [6.07, 6.45) is 3.67. The van der Waals surface area contributed by atoms with Gasteiger partial charge in [-0.1, -0.05) is 12.1 Å². The lowest BCUT2D eigenvalue weighted by molar-refractivity contribution is -0.159. The lowest BCUT2D eigenvalue weighted by atomic mass is 10.1. The zero-order valence-corrected chi connectivity index (χ0v) is 22.7. The van der Waals surface area contributed by atoms with Crippen molar-refractivity contribution in [3.63, 3.8) is 0 Å². The summed E-state index contributed by atoms with van der Waals surface area (Å²) in [5.41, 5.74) is 3.76. The largest absolute Gasteiger partial charge is 0.497 e. The van der Waals surface area contributed by atoms with Gasteiger partial charge in [-0.25, -0.2) is 9.59 Å². The zero-order chi connectivity index (χ0) is 29.1. The van der Waals surface area contributed by atoms with Crippen molar-refractivity contribution in [2.45, 2.75) is 12.8 Å². The van der Waals surface area contributed by atoms with Crippen molar-refractivity contribution in [2.75, 3.05) is 33.9 Å². The second-order valence-electron chi connectivity index (χ2n) is 9.07. The molecule has 40 heavy (non-hydrogen) atoms. The van der Waals surface area contributed by atoms with E-state index in [0.717, 1.165) is 48.7 Å². The zero-order valence-electron chi connectivity index (χ0n) is 22.7. The van der Waals surface area contributed by atoms with E-state index < -0.39 is 11.9 Å². The van der Waals surface area contributed by atoms with Gasteiger partial charge in [-0.05, 0) is 85.6 Å². The number of carboxylic acids is 2. The van der Waals surface area contributed by atoms with Crippen molar-refractivity contribution in [1.29, 1.82) is 0 Å². The number of likely N-dealkylation sites (N-methyl/N-ethyl adjacent to an activating group) is 1. The highest BCUT2D eigenvalue weighted by Gasteiger charge is 2.09. The Morgan fingerprint density at radius 1 is 0.950 bits per heavy atom. The standard InChI is InChI=1S/C28H31N3O3.C2H2O4/c1-30(18-15-21-7-11-23(33-3)12-8-21)17-5-19-34-24-13-9-22(10-14-24)27-20-26-25(6-4-16-29-26)28(32)31(27)2;3-1(4)2(5)6/h4,6-14,16,20H,5,15,17-19H2,1-3H3;(H,3,4)(H,5,6). The van der Waals surface area contributed by atoms with Crippen LogP contribution in [0.2, 0.25) is 0 Å². The number of fused-ring (bicyclic) bond motifs is 1. The molecule has 0 atom stereocenters. The van der Waals surface area contributed by atoms with Gasteiger partial charge in [0.05, 0.1) is 30.3 Å². The van der Waals surface area contributed by atoms with Gasteiger partial charge < -0.3 is 29.2 Å². The fraction of sp³-hybridized carbons (Fsp3) is 0.267. The molecule has 2 N–H and O–H groups in total. The molecular formula is C30H33N3O7. The van der Waals surface area contributed by atoms with E-state index in [9.17, 15) is 4.79 Å². The number of aromatic nitrogens is 2. The fourth-order valence-electron chi connectivity index (χ4n) is 3.98. The quantitative estimate of drug-likeness (QED) is 0.225. The van der Waals surface area contributed by atoms with E-state index in [1.54, 1.807) is 31.0 Å². The molecule has 0 amide bonds. The van der Waals surface area contributed by atoms with E-state index in [1.165, 1.54) is 5.56 Å². The first-order valence-corrected chi connectivity index (χ1v) is 12.6. The Balaban J connectivity index is 0.000000663. The van der Waals surface area contributed by atoms with Crippen LogP contribution in [0.25, 0.3) is 22.2 Å². The molecule has 2 aromatic heterocycles. The van der Waals surface area contributed by atoms with E-state index in [-0.39, 0.29) is 5.56 Å². The van der Waals surface area contributed by atoms with Gasteiger partial charge in [0.2, 0.25) is 0 Å². The van der Waals surface area contributed by atoms with E-state index >= 15 is 0 Å². The summed E-state index contributed by atoms with van der Waals surface area (Å²) in [4.78, 5) is 37.5. The van der Waals surface area contributed by atoms with Crippen LogP contribution in [0.5, 0.6) is 11.5 Å². The lowest BCUT2D eigenvalue weighted by Gasteiger charge is -2.17. The van der Waals surface area contributed by atoms with Gasteiger partial charge in [-0.3, -0.25) is 9.78 Å². The molecule has 2 heterocycles. The van der Waals surface area contributed by atoms with Crippen molar-refractivity contribution in [2.24, 2.45) is 7.05 Å². The van der Waals surface area contributed by atoms with Crippen LogP contribution in [-0.2, 0) is 23.1 Å². The van der Waals surface area contributed by atoms with E-state index in [0.29, 0.717) is 17.5 Å². The maximum atomic E-state index is 12.7. The predicted molar refractivity (Wildman–Crippen MR) is 152 cm³/mol. The molecule has 210 valence electrons. The van der Waals surface area contributed by atoms with Crippen LogP contribution in [0.1, 0.15) is 12.0 Å². The summed E-state index contributed by atoms with van der Waals surface area (Å²) >= 11 is 0. The van der Waals surface area contributed by atoms with E-state index in [2.05, 4.69) is 29.1 Å². The number of hydrogen-bond acceptors (Lipinski definition) is 7. The molecule has 0 aliphatic heterocycles. The Kier molecular flexibility index (Phi) is 10.8. The Labute approximate surface area is 232 Å². The molecule has 0 radical (unpaired) electrons. The number of hydrogen-bond donors (Lipinski definition) is 2. The minimum atomic E-state index is -1.82. The molecule has 4 rings (SSSR count). The first kappa shape index (κ1) is 29.9. The fourth-order valence-corrected chi connectivity index (χ4v) is 3.98. The molecule has 0 aliphatic rings. The second-order valence-corrected chi connectivity index (χ2v) is 9.07. The van der Waals surface area contributed by atoms with Gasteiger partial charge in [0.25, 0.3) is 5.56 Å². The van der Waals surface area contributed by atoms with Crippen molar-refractivity contribution in [3.05, 3.63) is 88.8 Å². The Bertz CT molecular complexity index is 1470. The summed E-state index contributed by atoms with van der Waals surface area (Å²) in [6.45, 7) is 2.63. The summed E-state index contributed by atoms with van der Waals surface area (Å²) in [7, 11) is 5.62. The van der Waals surface area contributed by atoms with Crippen LogP contribution in [-0.4, -0.2) is 70.5 Å². The first-order valence-electron chi connectivity index (χ1n) is 12.6. The Hall–Kier alpha value is -4.70. The van der Waals surface area contributed by atoms with Crippen molar-refractivity contribution < 1.29 is 29.3 Å². The molecule has 0 aliphatic carbocycles. The van der Waals surface area contributed by atoms with Crippen molar-refractivity contribution in [1.82, 2.24) is 14.5 Å². The maximum Gasteiger partial charge on any atom is 0.414 e. The van der Waals surface area contributed by atoms with Crippen LogP contribution >= 0.6 is 0 Å². The van der Waals surface area contributed by atoms with Gasteiger partial charge in [0.15, 0.2) is 0 Å². The van der Waals surface area contributed by atoms with Crippen LogP contribution < -0.4 is 15.0 Å². The molecule has 0 saturated heterocycles. The molecule has 10 nitrogen and oxygen atoms in total. The number of methoxy groups -OCH3 is 1. The average Bonchev–Trinajstić information content (AvgIpc) is 2.97. The number of rotatable bonds is 10. The summed E-state index contributed by atoms with van der Waals surface area (Å²) in [5, 5.41) is 15.4. The smallest absolute Gasteiger partial charge is 0.414 e. The Morgan fingerprint density at radius 3 is 2.23 bits per heavy atom. The number of benzene rings is 2. The number of aliphatic carboxylic acids is 2. The number of carbonyl (C=O) groups is 2. The molecule has 0 saturated carbocycles. The Morgan fingerprint density at radius 2 is 1.60 bits per heavy atom. The first-order chi connectivity index (χ1) is 19.2. The number of carboxylic acid groups (broad SMARTS) is 2. The van der Waals surface area contributed by atoms with Crippen LogP contribution in [0.3, 0.4) is 0 Å². The molecule has 0 spiro atoms. The molecule has 0 fully saturated rings. The third kappa shape index (κ3) is 8.40. The topological polar surface area (TPSA) is 131 Å². The number of pyridine rings is 2. The minimum absolute atomic E-state index is 0.0444. The lowest BCUT2D eigenvalue weighted by Crippen LogP contribution is -2.23. The molecule has 10 heteroatoms. The third-order valence-corrected chi connectivity index (χ3v) is 6.24. The monoisotopic (exact) mass is 547 g/mol. The normalized spacial score (nSPS) is 10.6. The van der Waals surface area contributed by atoms with Gasteiger partial charge in [0.1, 0.15) is 11.5 Å². The maximum absolute atomic E-state index is 12.7. The SMILES string of the molecule is COc1ccc(CCN(C)CCCOc2ccc(-c3cc4ncccc4c(=O)n3C)cc2)cc1.O=C(O)C(=O)O. The van der Waals surface area contributed by atoms with Gasteiger partial charge in [-0.2, -0.15) is 0 Å². The average molecular weight is 548 g/mol. The predicted octanol–water partition coefficient (Wildman–Crippen LogP) is 3.71. The summed E-state index contributed by atoms with van der Waals surface area (Å²) < 4.78 is 12.8. The van der Waals surface area contributed by atoms with Gasteiger partial charge in [0, 0.05) is 26.3 Å². The molecule has 0 unspecified atom stereocenters. The van der Waals surface area contributed by atoms with Gasteiger partial charge >= 0.3 is 11.9 Å². The highest BCUT2D eigenvalue weighted by atomic mass is 16.5. The van der Waals surface area contributed by atoms with Crippen LogP contribution in [0.15, 0.2) is 77.7 Å². The molecule has 2 aromatic carbocycles. The second kappa shape index (κ2) is 14.5. The number of nitrogens with zero attached hydrogens (tertiary/aromatic N) is 3. The van der Waals surface area contributed by atoms with Crippen molar-refractivity contribution >= 4 is 22.8 Å². The van der Waals surface area contributed by atoms with E-state index in [4.69, 9.17) is 29.3 Å².